The molecular weight excluding hydrogens is 218 g/mol. The number of amides is 3. The largest absolute Gasteiger partial charge is 0.353 e. The first-order chi connectivity index (χ1) is 8.02. The molecule has 2 N–H and O–H groups in total. The van der Waals surface area contributed by atoms with Crippen molar-refractivity contribution in [2.24, 2.45) is 0 Å². The van der Waals surface area contributed by atoms with Gasteiger partial charge in [0.05, 0.1) is 0 Å². The highest BCUT2D eigenvalue weighted by molar-refractivity contribution is 5.76. The summed E-state index contributed by atoms with van der Waals surface area (Å²) in [5, 5.41) is 5.85. The number of likely N-dealkylation sites (tertiary alicyclic amines) is 1. The molecule has 1 saturated heterocycles. The van der Waals surface area contributed by atoms with Gasteiger partial charge < -0.3 is 15.5 Å². The average Bonchev–Trinajstić information content (AvgIpc) is 2.28. The fourth-order valence-corrected chi connectivity index (χ4v) is 1.89. The maximum atomic E-state index is 11.7. The van der Waals surface area contributed by atoms with E-state index in [4.69, 9.17) is 0 Å². The fraction of sp³-hybridized carbons (Fsp3) is 0.833. The lowest BCUT2D eigenvalue weighted by atomic mass is 10.1. The summed E-state index contributed by atoms with van der Waals surface area (Å²) in [4.78, 5) is 24.8. The molecule has 0 bridgehead atoms. The van der Waals surface area contributed by atoms with E-state index in [1.165, 1.54) is 0 Å². The van der Waals surface area contributed by atoms with Gasteiger partial charge in [-0.1, -0.05) is 6.92 Å². The van der Waals surface area contributed by atoms with E-state index in [9.17, 15) is 9.59 Å². The third kappa shape index (κ3) is 4.63. The van der Waals surface area contributed by atoms with E-state index >= 15 is 0 Å². The van der Waals surface area contributed by atoms with Crippen LogP contribution in [-0.2, 0) is 4.79 Å². The van der Waals surface area contributed by atoms with Crippen molar-refractivity contribution in [3.05, 3.63) is 0 Å². The van der Waals surface area contributed by atoms with Crippen LogP contribution >= 0.6 is 0 Å². The average molecular weight is 241 g/mol. The van der Waals surface area contributed by atoms with Gasteiger partial charge in [-0.3, -0.25) is 4.79 Å². The summed E-state index contributed by atoms with van der Waals surface area (Å²) in [6, 6.07) is 0.394. The van der Waals surface area contributed by atoms with E-state index in [0.717, 1.165) is 12.8 Å². The lowest BCUT2D eigenvalue weighted by Crippen LogP contribution is -2.50. The highest BCUT2D eigenvalue weighted by Crippen LogP contribution is 2.10. The lowest BCUT2D eigenvalue weighted by Gasteiger charge is -2.32. The van der Waals surface area contributed by atoms with Crippen molar-refractivity contribution in [2.75, 3.05) is 13.1 Å². The fourth-order valence-electron chi connectivity index (χ4n) is 1.89. The van der Waals surface area contributed by atoms with Crippen LogP contribution in [0.2, 0.25) is 0 Å². The minimum absolute atomic E-state index is 0.000248. The Morgan fingerprint density at radius 2 is 1.88 bits per heavy atom. The lowest BCUT2D eigenvalue weighted by molar-refractivity contribution is -0.121. The van der Waals surface area contributed by atoms with E-state index in [2.05, 4.69) is 10.6 Å². The van der Waals surface area contributed by atoms with Gasteiger partial charge in [-0.25, -0.2) is 4.79 Å². The van der Waals surface area contributed by atoms with Crippen LogP contribution in [0, 0.1) is 0 Å². The van der Waals surface area contributed by atoms with Gasteiger partial charge in [0, 0.05) is 31.6 Å². The summed E-state index contributed by atoms with van der Waals surface area (Å²) in [6.45, 7) is 7.18. The van der Waals surface area contributed by atoms with Crippen molar-refractivity contribution in [3.8, 4) is 0 Å². The van der Waals surface area contributed by atoms with Crippen LogP contribution in [0.1, 0.15) is 40.0 Å². The van der Waals surface area contributed by atoms with Crippen LogP contribution in [0.5, 0.6) is 0 Å². The SMILES string of the molecule is CCC(=O)NC1CCN(C(=O)NC(C)C)CC1. The van der Waals surface area contributed by atoms with Gasteiger partial charge >= 0.3 is 6.03 Å². The second-order valence-corrected chi connectivity index (χ2v) is 4.79. The van der Waals surface area contributed by atoms with Gasteiger partial charge in [0.1, 0.15) is 0 Å². The number of carbonyl (C=O) groups is 2. The molecule has 98 valence electrons. The molecule has 1 aliphatic rings. The summed E-state index contributed by atoms with van der Waals surface area (Å²) in [7, 11) is 0. The van der Waals surface area contributed by atoms with Gasteiger partial charge in [0.2, 0.25) is 5.91 Å². The number of hydrogen-bond donors (Lipinski definition) is 2. The van der Waals surface area contributed by atoms with Crippen LogP contribution in [0.15, 0.2) is 0 Å². The van der Waals surface area contributed by atoms with Crippen molar-refractivity contribution in [1.82, 2.24) is 15.5 Å². The molecule has 0 unspecified atom stereocenters. The van der Waals surface area contributed by atoms with Crippen molar-refractivity contribution in [1.29, 1.82) is 0 Å². The number of urea groups is 1. The number of carbonyl (C=O) groups excluding carboxylic acids is 2. The molecule has 0 aromatic carbocycles. The highest BCUT2D eigenvalue weighted by Gasteiger charge is 2.23. The van der Waals surface area contributed by atoms with E-state index < -0.39 is 0 Å². The number of hydrogen-bond acceptors (Lipinski definition) is 2. The Hall–Kier alpha value is -1.26. The predicted octanol–water partition coefficient (Wildman–Crippen LogP) is 1.09. The minimum Gasteiger partial charge on any atom is -0.353 e. The third-order valence-electron chi connectivity index (χ3n) is 2.88. The first kappa shape index (κ1) is 13.8. The van der Waals surface area contributed by atoms with Gasteiger partial charge in [0.15, 0.2) is 0 Å². The number of nitrogens with one attached hydrogen (secondary N) is 2. The molecule has 1 fully saturated rings. The van der Waals surface area contributed by atoms with Crippen molar-refractivity contribution < 1.29 is 9.59 Å². The van der Waals surface area contributed by atoms with Crippen LogP contribution in [0.3, 0.4) is 0 Å². The van der Waals surface area contributed by atoms with Crippen molar-refractivity contribution in [3.63, 3.8) is 0 Å². The molecule has 3 amide bonds. The Bertz CT molecular complexity index is 271. The Balaban J connectivity index is 2.30. The van der Waals surface area contributed by atoms with Crippen LogP contribution in [0.4, 0.5) is 4.79 Å². The van der Waals surface area contributed by atoms with Gasteiger partial charge in [0.25, 0.3) is 0 Å². The second-order valence-electron chi connectivity index (χ2n) is 4.79. The number of rotatable bonds is 3. The van der Waals surface area contributed by atoms with Crippen LogP contribution in [-0.4, -0.2) is 42.0 Å². The molecule has 0 aromatic heterocycles. The predicted molar refractivity (Wildman–Crippen MR) is 66.7 cm³/mol. The van der Waals surface area contributed by atoms with Crippen LogP contribution < -0.4 is 10.6 Å². The molecule has 1 aliphatic heterocycles. The Morgan fingerprint density at radius 3 is 2.35 bits per heavy atom. The minimum atomic E-state index is 0.000248. The van der Waals surface area contributed by atoms with E-state index in [1.54, 1.807) is 0 Å². The summed E-state index contributed by atoms with van der Waals surface area (Å²) in [5.74, 6) is 0.0927. The smallest absolute Gasteiger partial charge is 0.317 e. The van der Waals surface area contributed by atoms with E-state index in [1.807, 2.05) is 25.7 Å². The maximum Gasteiger partial charge on any atom is 0.317 e. The maximum absolute atomic E-state index is 11.7. The Labute approximate surface area is 103 Å². The molecule has 0 aliphatic carbocycles. The topological polar surface area (TPSA) is 61.4 Å². The molecular formula is C12H23N3O2. The Kier molecular flexibility index (Phi) is 5.25. The third-order valence-corrected chi connectivity index (χ3v) is 2.88. The molecule has 0 atom stereocenters. The molecule has 0 saturated carbocycles. The molecule has 0 spiro atoms. The standard InChI is InChI=1S/C12H23N3O2/c1-4-11(16)14-10-5-7-15(8-6-10)12(17)13-9(2)3/h9-10H,4-8H2,1-3H3,(H,13,17)(H,14,16). The summed E-state index contributed by atoms with van der Waals surface area (Å²) >= 11 is 0. The summed E-state index contributed by atoms with van der Waals surface area (Å²) < 4.78 is 0. The van der Waals surface area contributed by atoms with Crippen molar-refractivity contribution >= 4 is 11.9 Å². The molecule has 0 aromatic rings. The van der Waals surface area contributed by atoms with Gasteiger partial charge in [-0.15, -0.1) is 0 Å². The molecule has 5 heteroatoms. The number of piperidine rings is 1. The zero-order chi connectivity index (χ0) is 12.8. The van der Waals surface area contributed by atoms with Gasteiger partial charge in [-0.2, -0.15) is 0 Å². The van der Waals surface area contributed by atoms with E-state index in [-0.39, 0.29) is 24.0 Å². The normalized spacial score (nSPS) is 17.1. The van der Waals surface area contributed by atoms with E-state index in [0.29, 0.717) is 19.5 Å². The highest BCUT2D eigenvalue weighted by atomic mass is 16.2. The monoisotopic (exact) mass is 241 g/mol. The molecule has 5 nitrogen and oxygen atoms in total. The molecule has 0 radical (unpaired) electrons. The van der Waals surface area contributed by atoms with Crippen molar-refractivity contribution in [2.45, 2.75) is 52.1 Å². The first-order valence-electron chi connectivity index (χ1n) is 6.37. The quantitative estimate of drug-likeness (QED) is 0.777. The zero-order valence-electron chi connectivity index (χ0n) is 11.0. The zero-order valence-corrected chi connectivity index (χ0v) is 11.0. The summed E-state index contributed by atoms with van der Waals surface area (Å²) in [6.07, 6.45) is 2.21. The van der Waals surface area contributed by atoms with Crippen LogP contribution in [0.25, 0.3) is 0 Å². The summed E-state index contributed by atoms with van der Waals surface area (Å²) in [5.41, 5.74) is 0. The first-order valence-corrected chi connectivity index (χ1v) is 6.37. The molecule has 1 heterocycles. The molecule has 17 heavy (non-hydrogen) atoms. The van der Waals surface area contributed by atoms with Gasteiger partial charge in [-0.05, 0) is 26.7 Å². The Morgan fingerprint density at radius 1 is 1.29 bits per heavy atom. The second kappa shape index (κ2) is 6.47. The number of nitrogens with zero attached hydrogens (tertiary/aromatic N) is 1. The molecule has 1 rings (SSSR count).